The summed E-state index contributed by atoms with van der Waals surface area (Å²) in [5, 5.41) is 0. The van der Waals surface area contributed by atoms with Gasteiger partial charge in [-0.05, 0) is 17.5 Å². The van der Waals surface area contributed by atoms with Gasteiger partial charge in [0.2, 0.25) is 5.91 Å². The molecule has 106 valence electrons. The van der Waals surface area contributed by atoms with Crippen molar-refractivity contribution in [1.29, 1.82) is 0 Å². The lowest BCUT2D eigenvalue weighted by atomic mass is 10.1. The summed E-state index contributed by atoms with van der Waals surface area (Å²) in [5.74, 6) is -0.269. The van der Waals surface area contributed by atoms with Gasteiger partial charge in [0, 0.05) is 13.0 Å². The number of likely N-dealkylation sites (tertiary alicyclic amines) is 1. The summed E-state index contributed by atoms with van der Waals surface area (Å²) in [7, 11) is 1.36. The molecule has 1 atom stereocenters. The highest BCUT2D eigenvalue weighted by Crippen LogP contribution is 2.20. The fourth-order valence-corrected chi connectivity index (χ4v) is 2.30. The monoisotopic (exact) mass is 275 g/mol. The maximum absolute atomic E-state index is 11.7. The second-order valence-electron chi connectivity index (χ2n) is 4.83. The lowest BCUT2D eigenvalue weighted by molar-refractivity contribution is -0.139. The van der Waals surface area contributed by atoms with E-state index in [0.29, 0.717) is 19.4 Å². The average Bonchev–Trinajstić information content (AvgIpc) is 2.81. The third-order valence-corrected chi connectivity index (χ3v) is 3.48. The van der Waals surface area contributed by atoms with E-state index >= 15 is 0 Å². The maximum atomic E-state index is 11.7. The average molecular weight is 275 g/mol. The van der Waals surface area contributed by atoms with Gasteiger partial charge >= 0.3 is 5.97 Å². The first-order chi connectivity index (χ1) is 9.63. The van der Waals surface area contributed by atoms with Crippen LogP contribution in [0.3, 0.4) is 0 Å². The molecule has 20 heavy (non-hydrogen) atoms. The first kappa shape index (κ1) is 14.2. The molecule has 0 aromatic heterocycles. The number of ether oxygens (including phenoxy) is 1. The minimum atomic E-state index is -0.308. The smallest absolute Gasteiger partial charge is 0.309 e. The van der Waals surface area contributed by atoms with E-state index in [0.717, 1.165) is 17.4 Å². The Balaban J connectivity index is 2.01. The van der Waals surface area contributed by atoms with Crippen molar-refractivity contribution in [2.24, 2.45) is 0 Å². The van der Waals surface area contributed by atoms with Crippen LogP contribution in [0.15, 0.2) is 24.3 Å². The Labute approximate surface area is 117 Å². The number of rotatable bonds is 5. The number of aldehydes is 1. The van der Waals surface area contributed by atoms with Gasteiger partial charge in [0.25, 0.3) is 0 Å². The van der Waals surface area contributed by atoms with Crippen LogP contribution < -0.4 is 0 Å². The van der Waals surface area contributed by atoms with Crippen molar-refractivity contribution in [1.82, 2.24) is 4.90 Å². The van der Waals surface area contributed by atoms with E-state index in [-0.39, 0.29) is 24.3 Å². The number of hydrogen-bond acceptors (Lipinski definition) is 4. The summed E-state index contributed by atoms with van der Waals surface area (Å²) in [4.78, 5) is 35.4. The third-order valence-electron chi connectivity index (χ3n) is 3.48. The van der Waals surface area contributed by atoms with Crippen molar-refractivity contribution in [3.63, 3.8) is 0 Å². The summed E-state index contributed by atoms with van der Waals surface area (Å²) in [6.07, 6.45) is 2.10. The van der Waals surface area contributed by atoms with Crippen LogP contribution >= 0.6 is 0 Å². The summed E-state index contributed by atoms with van der Waals surface area (Å²) in [5.41, 5.74) is 1.81. The Morgan fingerprint density at radius 1 is 1.35 bits per heavy atom. The topological polar surface area (TPSA) is 63.7 Å². The maximum Gasteiger partial charge on any atom is 0.309 e. The Morgan fingerprint density at radius 2 is 2.00 bits per heavy atom. The minimum Gasteiger partial charge on any atom is -0.469 e. The van der Waals surface area contributed by atoms with Crippen LogP contribution in [0.2, 0.25) is 0 Å². The van der Waals surface area contributed by atoms with Gasteiger partial charge in [0.1, 0.15) is 6.29 Å². The fraction of sp³-hybridized carbons (Fsp3) is 0.400. The minimum absolute atomic E-state index is 0.0146. The van der Waals surface area contributed by atoms with Crippen molar-refractivity contribution in [2.75, 3.05) is 7.11 Å². The summed E-state index contributed by atoms with van der Waals surface area (Å²) in [6, 6.07) is 7.10. The van der Waals surface area contributed by atoms with E-state index in [1.165, 1.54) is 7.11 Å². The molecule has 1 heterocycles. The van der Waals surface area contributed by atoms with Gasteiger partial charge in [-0.15, -0.1) is 0 Å². The van der Waals surface area contributed by atoms with Gasteiger partial charge in [-0.3, -0.25) is 9.59 Å². The SMILES string of the molecule is COC(=O)Cc1ccc(CN2C(=O)CC[C@@H]2C=O)cc1. The van der Waals surface area contributed by atoms with Gasteiger partial charge in [0.15, 0.2) is 0 Å². The second-order valence-corrected chi connectivity index (χ2v) is 4.83. The lowest BCUT2D eigenvalue weighted by Crippen LogP contribution is -2.33. The van der Waals surface area contributed by atoms with Gasteiger partial charge in [-0.1, -0.05) is 24.3 Å². The van der Waals surface area contributed by atoms with Crippen molar-refractivity contribution in [2.45, 2.75) is 31.8 Å². The van der Waals surface area contributed by atoms with Crippen molar-refractivity contribution >= 4 is 18.2 Å². The predicted molar refractivity (Wildman–Crippen MR) is 71.8 cm³/mol. The van der Waals surface area contributed by atoms with Crippen molar-refractivity contribution in [3.8, 4) is 0 Å². The van der Waals surface area contributed by atoms with E-state index < -0.39 is 0 Å². The molecule has 0 N–H and O–H groups in total. The molecule has 1 aliphatic heterocycles. The zero-order valence-electron chi connectivity index (χ0n) is 11.4. The van der Waals surface area contributed by atoms with Crippen LogP contribution in [0.1, 0.15) is 24.0 Å². The number of amides is 1. The Bertz CT molecular complexity index is 509. The standard InChI is InChI=1S/C15H17NO4/c1-20-15(19)8-11-2-4-12(5-3-11)9-16-13(10-17)6-7-14(16)18/h2-5,10,13H,6-9H2,1H3/t13-/m1/s1. The number of carbonyl (C=O) groups excluding carboxylic acids is 3. The van der Waals surface area contributed by atoms with Crippen LogP contribution in [0.25, 0.3) is 0 Å². The molecule has 1 fully saturated rings. The highest BCUT2D eigenvalue weighted by molar-refractivity contribution is 5.83. The third kappa shape index (κ3) is 3.23. The first-order valence-electron chi connectivity index (χ1n) is 6.53. The number of esters is 1. The predicted octanol–water partition coefficient (Wildman–Crippen LogP) is 1.09. The zero-order chi connectivity index (χ0) is 14.5. The number of carbonyl (C=O) groups is 3. The zero-order valence-corrected chi connectivity index (χ0v) is 11.4. The Kier molecular flexibility index (Phi) is 4.50. The van der Waals surface area contributed by atoms with Gasteiger partial charge in [-0.25, -0.2) is 0 Å². The molecule has 0 radical (unpaired) electrons. The molecular weight excluding hydrogens is 258 g/mol. The molecule has 5 heteroatoms. The molecule has 2 rings (SSSR count). The lowest BCUT2D eigenvalue weighted by Gasteiger charge is -2.20. The van der Waals surface area contributed by atoms with Crippen LogP contribution in [0.5, 0.6) is 0 Å². The fourth-order valence-electron chi connectivity index (χ4n) is 2.30. The molecule has 0 unspecified atom stereocenters. The largest absolute Gasteiger partial charge is 0.469 e. The van der Waals surface area contributed by atoms with E-state index in [1.54, 1.807) is 4.90 Å². The molecule has 1 aromatic rings. The molecule has 1 aromatic carbocycles. The van der Waals surface area contributed by atoms with E-state index in [4.69, 9.17) is 0 Å². The summed E-state index contributed by atoms with van der Waals surface area (Å²) >= 11 is 0. The first-order valence-corrected chi connectivity index (χ1v) is 6.53. The van der Waals surface area contributed by atoms with Gasteiger partial charge < -0.3 is 14.4 Å². The molecule has 5 nitrogen and oxygen atoms in total. The molecular formula is C15H17NO4. The number of benzene rings is 1. The molecule has 0 aliphatic carbocycles. The van der Waals surface area contributed by atoms with Crippen molar-refractivity contribution in [3.05, 3.63) is 35.4 Å². The molecule has 0 bridgehead atoms. The van der Waals surface area contributed by atoms with Crippen molar-refractivity contribution < 1.29 is 19.1 Å². The molecule has 1 saturated heterocycles. The van der Waals surface area contributed by atoms with E-state index in [9.17, 15) is 14.4 Å². The number of methoxy groups -OCH3 is 1. The molecule has 0 spiro atoms. The van der Waals surface area contributed by atoms with Crippen LogP contribution in [-0.4, -0.2) is 36.2 Å². The van der Waals surface area contributed by atoms with Crippen LogP contribution in [0.4, 0.5) is 0 Å². The number of hydrogen-bond donors (Lipinski definition) is 0. The molecule has 1 aliphatic rings. The Morgan fingerprint density at radius 3 is 2.60 bits per heavy atom. The van der Waals surface area contributed by atoms with E-state index in [2.05, 4.69) is 4.74 Å². The van der Waals surface area contributed by atoms with Crippen LogP contribution in [-0.2, 0) is 32.1 Å². The van der Waals surface area contributed by atoms with E-state index in [1.807, 2.05) is 24.3 Å². The van der Waals surface area contributed by atoms with Gasteiger partial charge in [-0.2, -0.15) is 0 Å². The molecule has 1 amide bonds. The number of nitrogens with zero attached hydrogens (tertiary/aromatic N) is 1. The Hall–Kier alpha value is -2.17. The van der Waals surface area contributed by atoms with Gasteiger partial charge in [0.05, 0.1) is 19.6 Å². The summed E-state index contributed by atoms with van der Waals surface area (Å²) in [6.45, 7) is 0.431. The quantitative estimate of drug-likeness (QED) is 0.596. The highest BCUT2D eigenvalue weighted by atomic mass is 16.5. The second kappa shape index (κ2) is 6.32. The highest BCUT2D eigenvalue weighted by Gasteiger charge is 2.30. The molecule has 0 saturated carbocycles. The normalized spacial score (nSPS) is 18.1. The summed E-state index contributed by atoms with van der Waals surface area (Å²) < 4.78 is 4.60. The van der Waals surface area contributed by atoms with Crippen LogP contribution in [0, 0.1) is 0 Å².